The third kappa shape index (κ3) is 2.96. The van der Waals surface area contributed by atoms with E-state index in [1.54, 1.807) is 12.4 Å². The van der Waals surface area contributed by atoms with Gasteiger partial charge in [-0.3, -0.25) is 4.98 Å². The number of H-pyrrole nitrogens is 1. The number of aromatic nitrogens is 3. The molecule has 1 aliphatic heterocycles. The molecule has 0 atom stereocenters. The van der Waals surface area contributed by atoms with Crippen LogP contribution < -0.4 is 4.90 Å². The SMILES string of the molecule is O=S(=O)(c1cnc2ccc(F)cc2c1)N1CCN(c2ncc[nH]2)CC1. The van der Waals surface area contributed by atoms with Crippen LogP contribution in [0.15, 0.2) is 47.8 Å². The maximum atomic E-state index is 13.4. The number of anilines is 1. The van der Waals surface area contributed by atoms with Gasteiger partial charge in [0.1, 0.15) is 10.7 Å². The van der Waals surface area contributed by atoms with Crippen LogP contribution in [-0.2, 0) is 10.0 Å². The number of pyridine rings is 1. The van der Waals surface area contributed by atoms with E-state index in [1.165, 1.54) is 34.8 Å². The number of nitrogens with zero attached hydrogens (tertiary/aromatic N) is 4. The minimum atomic E-state index is -3.67. The summed E-state index contributed by atoms with van der Waals surface area (Å²) in [7, 11) is -3.67. The Kier molecular flexibility index (Phi) is 3.89. The molecule has 0 saturated carbocycles. The molecule has 25 heavy (non-hydrogen) atoms. The second-order valence-electron chi connectivity index (χ2n) is 5.81. The van der Waals surface area contributed by atoms with Crippen molar-refractivity contribution in [3.63, 3.8) is 0 Å². The summed E-state index contributed by atoms with van der Waals surface area (Å²) in [5.74, 6) is 0.316. The average Bonchev–Trinajstić information content (AvgIpc) is 3.16. The second-order valence-corrected chi connectivity index (χ2v) is 7.75. The van der Waals surface area contributed by atoms with Crippen LogP contribution in [0.25, 0.3) is 10.9 Å². The van der Waals surface area contributed by atoms with Crippen molar-refractivity contribution in [2.45, 2.75) is 4.90 Å². The van der Waals surface area contributed by atoms with E-state index in [4.69, 9.17) is 0 Å². The Balaban J connectivity index is 1.57. The zero-order valence-electron chi connectivity index (χ0n) is 13.3. The van der Waals surface area contributed by atoms with Crippen molar-refractivity contribution < 1.29 is 12.8 Å². The zero-order valence-corrected chi connectivity index (χ0v) is 14.1. The molecule has 4 rings (SSSR count). The van der Waals surface area contributed by atoms with Crippen LogP contribution in [0.1, 0.15) is 0 Å². The normalized spacial score (nSPS) is 16.4. The van der Waals surface area contributed by atoms with Gasteiger partial charge in [0.05, 0.1) is 5.52 Å². The molecule has 1 fully saturated rings. The summed E-state index contributed by atoms with van der Waals surface area (Å²) < 4.78 is 40.5. The maximum Gasteiger partial charge on any atom is 0.244 e. The average molecular weight is 361 g/mol. The van der Waals surface area contributed by atoms with Gasteiger partial charge in [0.15, 0.2) is 0 Å². The fourth-order valence-electron chi connectivity index (χ4n) is 2.94. The number of imidazole rings is 1. The molecule has 9 heteroatoms. The van der Waals surface area contributed by atoms with E-state index in [9.17, 15) is 12.8 Å². The van der Waals surface area contributed by atoms with Gasteiger partial charge in [-0.05, 0) is 24.3 Å². The Labute approximate surface area is 144 Å². The Hall–Kier alpha value is -2.52. The molecule has 3 heterocycles. The zero-order chi connectivity index (χ0) is 17.4. The van der Waals surface area contributed by atoms with Crippen molar-refractivity contribution in [2.75, 3.05) is 31.1 Å². The predicted molar refractivity (Wildman–Crippen MR) is 91.3 cm³/mol. The van der Waals surface area contributed by atoms with Crippen molar-refractivity contribution >= 4 is 26.9 Å². The standard InChI is InChI=1S/C16H16FN5O2S/c17-13-1-2-15-12(9-13)10-14(11-20-15)25(23,24)22-7-5-21(6-8-22)16-18-3-4-19-16/h1-4,9-11H,5-8H2,(H,18,19). The molecule has 0 spiro atoms. The summed E-state index contributed by atoms with van der Waals surface area (Å²) in [5.41, 5.74) is 0.558. The van der Waals surface area contributed by atoms with Gasteiger partial charge in [-0.2, -0.15) is 4.31 Å². The molecule has 0 unspecified atom stereocenters. The monoisotopic (exact) mass is 361 g/mol. The van der Waals surface area contributed by atoms with E-state index in [2.05, 4.69) is 15.0 Å². The highest BCUT2D eigenvalue weighted by Gasteiger charge is 2.29. The summed E-state index contributed by atoms with van der Waals surface area (Å²) in [5, 5.41) is 0.468. The highest BCUT2D eigenvalue weighted by Crippen LogP contribution is 2.22. The van der Waals surface area contributed by atoms with Gasteiger partial charge < -0.3 is 9.88 Å². The van der Waals surface area contributed by atoms with Crippen LogP contribution in [0.2, 0.25) is 0 Å². The van der Waals surface area contributed by atoms with Crippen LogP contribution in [-0.4, -0.2) is 53.9 Å². The van der Waals surface area contributed by atoms with Gasteiger partial charge in [0, 0.05) is 50.2 Å². The number of aromatic amines is 1. The summed E-state index contributed by atoms with van der Waals surface area (Å²) in [4.78, 5) is 13.4. The number of rotatable bonds is 3. The molecule has 0 amide bonds. The van der Waals surface area contributed by atoms with E-state index in [0.29, 0.717) is 37.1 Å². The van der Waals surface area contributed by atoms with Gasteiger partial charge >= 0.3 is 0 Å². The van der Waals surface area contributed by atoms with E-state index < -0.39 is 15.8 Å². The first-order valence-electron chi connectivity index (χ1n) is 7.84. The third-order valence-corrected chi connectivity index (χ3v) is 6.14. The first kappa shape index (κ1) is 16.0. The molecular formula is C16H16FN5O2S. The number of benzene rings is 1. The van der Waals surface area contributed by atoms with Crippen molar-refractivity contribution in [3.05, 3.63) is 48.7 Å². The number of nitrogens with one attached hydrogen (secondary N) is 1. The van der Waals surface area contributed by atoms with E-state index in [0.717, 1.165) is 5.95 Å². The number of hydrogen-bond acceptors (Lipinski definition) is 5. The Morgan fingerprint density at radius 2 is 1.88 bits per heavy atom. The molecule has 1 aromatic carbocycles. The lowest BCUT2D eigenvalue weighted by Crippen LogP contribution is -2.49. The molecule has 0 radical (unpaired) electrons. The Morgan fingerprint density at radius 1 is 1.08 bits per heavy atom. The van der Waals surface area contributed by atoms with Crippen LogP contribution in [0, 0.1) is 5.82 Å². The highest BCUT2D eigenvalue weighted by molar-refractivity contribution is 7.89. The lowest BCUT2D eigenvalue weighted by atomic mass is 10.2. The van der Waals surface area contributed by atoms with Crippen LogP contribution in [0.4, 0.5) is 10.3 Å². The highest BCUT2D eigenvalue weighted by atomic mass is 32.2. The molecule has 1 N–H and O–H groups in total. The molecular weight excluding hydrogens is 345 g/mol. The van der Waals surface area contributed by atoms with Gasteiger partial charge in [-0.25, -0.2) is 17.8 Å². The summed E-state index contributed by atoms with van der Waals surface area (Å²) >= 11 is 0. The Morgan fingerprint density at radius 3 is 2.60 bits per heavy atom. The quantitative estimate of drug-likeness (QED) is 0.766. The molecule has 7 nitrogen and oxygen atoms in total. The summed E-state index contributed by atoms with van der Waals surface area (Å²) in [6.45, 7) is 1.79. The van der Waals surface area contributed by atoms with Crippen LogP contribution >= 0.6 is 0 Å². The summed E-state index contributed by atoms with van der Waals surface area (Å²) in [6, 6.07) is 5.59. The molecule has 1 saturated heterocycles. The molecule has 3 aromatic rings. The van der Waals surface area contributed by atoms with E-state index in [1.807, 2.05) is 4.90 Å². The van der Waals surface area contributed by atoms with Gasteiger partial charge in [0.2, 0.25) is 16.0 Å². The second kappa shape index (κ2) is 6.08. The first-order chi connectivity index (χ1) is 12.0. The van der Waals surface area contributed by atoms with Gasteiger partial charge in [-0.15, -0.1) is 0 Å². The topological polar surface area (TPSA) is 82.2 Å². The van der Waals surface area contributed by atoms with E-state index >= 15 is 0 Å². The molecule has 130 valence electrons. The van der Waals surface area contributed by atoms with E-state index in [-0.39, 0.29) is 4.90 Å². The smallest absolute Gasteiger partial charge is 0.244 e. The molecule has 2 aromatic heterocycles. The fraction of sp³-hybridized carbons (Fsp3) is 0.250. The summed E-state index contributed by atoms with van der Waals surface area (Å²) in [6.07, 6.45) is 4.73. The number of hydrogen-bond donors (Lipinski definition) is 1. The van der Waals surface area contributed by atoms with Crippen molar-refractivity contribution in [3.8, 4) is 0 Å². The van der Waals surface area contributed by atoms with Gasteiger partial charge in [0.25, 0.3) is 0 Å². The van der Waals surface area contributed by atoms with Crippen LogP contribution in [0.3, 0.4) is 0 Å². The predicted octanol–water partition coefficient (Wildman–Crippen LogP) is 1.61. The number of piperazine rings is 1. The number of halogens is 1. The minimum Gasteiger partial charge on any atom is -0.340 e. The Bertz CT molecular complexity index is 999. The van der Waals surface area contributed by atoms with Crippen molar-refractivity contribution in [1.82, 2.24) is 19.3 Å². The number of sulfonamides is 1. The maximum absolute atomic E-state index is 13.4. The lowest BCUT2D eigenvalue weighted by Gasteiger charge is -2.33. The molecule has 1 aliphatic rings. The number of fused-ring (bicyclic) bond motifs is 1. The van der Waals surface area contributed by atoms with Crippen molar-refractivity contribution in [2.24, 2.45) is 0 Å². The molecule has 0 bridgehead atoms. The largest absolute Gasteiger partial charge is 0.340 e. The van der Waals surface area contributed by atoms with Crippen molar-refractivity contribution in [1.29, 1.82) is 0 Å². The lowest BCUT2D eigenvalue weighted by molar-refractivity contribution is 0.383. The fourth-order valence-corrected chi connectivity index (χ4v) is 4.35. The van der Waals surface area contributed by atoms with Gasteiger partial charge in [-0.1, -0.05) is 0 Å². The third-order valence-electron chi connectivity index (χ3n) is 4.28. The minimum absolute atomic E-state index is 0.0806. The molecule has 0 aliphatic carbocycles. The van der Waals surface area contributed by atoms with Crippen LogP contribution in [0.5, 0.6) is 0 Å². The first-order valence-corrected chi connectivity index (χ1v) is 9.28.